The summed E-state index contributed by atoms with van der Waals surface area (Å²) in [7, 11) is 0. The fourth-order valence-corrected chi connectivity index (χ4v) is 3.29. The van der Waals surface area contributed by atoms with Crippen molar-refractivity contribution in [1.29, 1.82) is 0 Å². The molecule has 1 amide bonds. The molecule has 0 spiro atoms. The summed E-state index contributed by atoms with van der Waals surface area (Å²) in [5.74, 6) is 0.301. The van der Waals surface area contributed by atoms with Crippen molar-refractivity contribution in [1.82, 2.24) is 10.1 Å². The van der Waals surface area contributed by atoms with E-state index in [1.165, 1.54) is 17.0 Å². The number of carbonyl (C=O) groups excluding carboxylic acids is 1. The van der Waals surface area contributed by atoms with Crippen LogP contribution in [0.3, 0.4) is 0 Å². The Hall–Kier alpha value is -3.16. The van der Waals surface area contributed by atoms with Crippen molar-refractivity contribution in [3.63, 3.8) is 0 Å². The highest BCUT2D eigenvalue weighted by Gasteiger charge is 2.36. The summed E-state index contributed by atoms with van der Waals surface area (Å²) >= 11 is 0. The average Bonchev–Trinajstić information content (AvgIpc) is 3.28. The highest BCUT2D eigenvalue weighted by Crippen LogP contribution is 2.34. The summed E-state index contributed by atoms with van der Waals surface area (Å²) in [6.45, 7) is 2.22. The molecule has 1 fully saturated rings. The molecule has 144 valence electrons. The Balaban J connectivity index is 1.53. The van der Waals surface area contributed by atoms with Gasteiger partial charge >= 0.3 is 6.18 Å². The Morgan fingerprint density at radius 1 is 1.11 bits per heavy atom. The Kier molecular flexibility index (Phi) is 4.41. The van der Waals surface area contributed by atoms with Crippen LogP contribution in [0.25, 0.3) is 11.4 Å². The van der Waals surface area contributed by atoms with Crippen LogP contribution < -0.4 is 4.90 Å². The molecule has 2 heterocycles. The largest absolute Gasteiger partial charge is 0.416 e. The zero-order valence-electron chi connectivity index (χ0n) is 14.9. The van der Waals surface area contributed by atoms with Crippen molar-refractivity contribution in [2.45, 2.75) is 25.4 Å². The van der Waals surface area contributed by atoms with Gasteiger partial charge < -0.3 is 9.42 Å². The minimum Gasteiger partial charge on any atom is -0.339 e. The highest BCUT2D eigenvalue weighted by molar-refractivity contribution is 5.96. The van der Waals surface area contributed by atoms with Gasteiger partial charge in [-0.05, 0) is 36.8 Å². The lowest BCUT2D eigenvalue weighted by Crippen LogP contribution is -2.24. The fraction of sp³-hybridized carbons (Fsp3) is 0.250. The van der Waals surface area contributed by atoms with E-state index >= 15 is 0 Å². The summed E-state index contributed by atoms with van der Waals surface area (Å²) in [6, 6.07) is 12.2. The minimum atomic E-state index is -4.41. The van der Waals surface area contributed by atoms with Crippen LogP contribution in [0.5, 0.6) is 0 Å². The number of aromatic nitrogens is 2. The first-order valence-corrected chi connectivity index (χ1v) is 8.70. The van der Waals surface area contributed by atoms with E-state index in [0.717, 1.165) is 23.3 Å². The second-order valence-corrected chi connectivity index (χ2v) is 6.72. The van der Waals surface area contributed by atoms with Gasteiger partial charge in [0.05, 0.1) is 11.5 Å². The molecular formula is C20H16F3N3O2. The molecule has 1 unspecified atom stereocenters. The van der Waals surface area contributed by atoms with E-state index in [2.05, 4.69) is 10.1 Å². The molecule has 1 aliphatic heterocycles. The summed E-state index contributed by atoms with van der Waals surface area (Å²) in [6.07, 6.45) is -4.25. The maximum atomic E-state index is 12.7. The van der Waals surface area contributed by atoms with Gasteiger partial charge in [0.1, 0.15) is 0 Å². The SMILES string of the molecule is Cc1ccccc1-c1noc(C2CC(=O)N(c3ccc(C(F)(F)F)cc3)C2)n1. The van der Waals surface area contributed by atoms with Crippen molar-refractivity contribution in [2.24, 2.45) is 0 Å². The van der Waals surface area contributed by atoms with Crippen LogP contribution in [-0.2, 0) is 11.0 Å². The molecule has 5 nitrogen and oxygen atoms in total. The molecule has 0 saturated carbocycles. The molecule has 1 atom stereocenters. The van der Waals surface area contributed by atoms with Crippen molar-refractivity contribution in [2.75, 3.05) is 11.4 Å². The van der Waals surface area contributed by atoms with Gasteiger partial charge in [0.2, 0.25) is 17.6 Å². The molecule has 4 rings (SSSR count). The molecule has 0 bridgehead atoms. The van der Waals surface area contributed by atoms with Crippen LogP contribution >= 0.6 is 0 Å². The lowest BCUT2D eigenvalue weighted by atomic mass is 10.1. The number of anilines is 1. The fourth-order valence-electron chi connectivity index (χ4n) is 3.29. The number of benzene rings is 2. The molecule has 1 aromatic heterocycles. The summed E-state index contributed by atoms with van der Waals surface area (Å²) < 4.78 is 43.5. The van der Waals surface area contributed by atoms with Gasteiger partial charge in [-0.2, -0.15) is 18.2 Å². The van der Waals surface area contributed by atoms with Crippen LogP contribution in [-0.4, -0.2) is 22.6 Å². The van der Waals surface area contributed by atoms with Crippen LogP contribution in [0.4, 0.5) is 18.9 Å². The lowest BCUT2D eigenvalue weighted by molar-refractivity contribution is -0.137. The number of rotatable bonds is 3. The van der Waals surface area contributed by atoms with Crippen LogP contribution in [0.2, 0.25) is 0 Å². The minimum absolute atomic E-state index is 0.163. The topological polar surface area (TPSA) is 59.2 Å². The predicted octanol–water partition coefficient (Wildman–Crippen LogP) is 4.58. The molecule has 3 aromatic rings. The van der Waals surface area contributed by atoms with E-state index < -0.39 is 11.7 Å². The number of hydrogen-bond acceptors (Lipinski definition) is 4. The average molecular weight is 387 g/mol. The number of amides is 1. The van der Waals surface area contributed by atoms with Crippen LogP contribution in [0.15, 0.2) is 53.1 Å². The molecule has 1 saturated heterocycles. The quantitative estimate of drug-likeness (QED) is 0.660. The van der Waals surface area contributed by atoms with Crippen molar-refractivity contribution in [3.05, 3.63) is 65.5 Å². The normalized spacial score (nSPS) is 17.4. The Morgan fingerprint density at radius 2 is 1.82 bits per heavy atom. The molecule has 8 heteroatoms. The van der Waals surface area contributed by atoms with Gasteiger partial charge in [-0.25, -0.2) is 0 Å². The van der Waals surface area contributed by atoms with Crippen molar-refractivity contribution >= 4 is 11.6 Å². The standard InChI is InChI=1S/C20H16F3N3O2/c1-12-4-2-3-5-16(12)18-24-19(28-25-18)13-10-17(27)26(11-13)15-8-6-14(7-9-15)20(21,22)23/h2-9,13H,10-11H2,1H3. The smallest absolute Gasteiger partial charge is 0.339 e. The maximum Gasteiger partial charge on any atom is 0.416 e. The first kappa shape index (κ1) is 18.2. The van der Waals surface area contributed by atoms with Crippen molar-refractivity contribution < 1.29 is 22.5 Å². The third kappa shape index (κ3) is 3.37. The third-order valence-electron chi connectivity index (χ3n) is 4.81. The molecule has 0 aliphatic carbocycles. The van der Waals surface area contributed by atoms with Gasteiger partial charge in [0.25, 0.3) is 0 Å². The molecule has 1 aliphatic rings. The van der Waals surface area contributed by atoms with Crippen LogP contribution in [0.1, 0.15) is 29.4 Å². The van der Waals surface area contributed by atoms with E-state index in [0.29, 0.717) is 17.4 Å². The van der Waals surface area contributed by atoms with E-state index in [1.807, 2.05) is 31.2 Å². The van der Waals surface area contributed by atoms with Gasteiger partial charge in [-0.15, -0.1) is 0 Å². The van der Waals surface area contributed by atoms with Gasteiger partial charge in [0, 0.05) is 24.2 Å². The predicted molar refractivity (Wildman–Crippen MR) is 95.6 cm³/mol. The van der Waals surface area contributed by atoms with E-state index in [1.54, 1.807) is 0 Å². The van der Waals surface area contributed by atoms with Crippen LogP contribution in [0, 0.1) is 6.92 Å². The monoisotopic (exact) mass is 387 g/mol. The number of hydrogen-bond donors (Lipinski definition) is 0. The van der Waals surface area contributed by atoms with Gasteiger partial charge in [0.15, 0.2) is 0 Å². The summed E-state index contributed by atoms with van der Waals surface area (Å²) in [5, 5.41) is 4.01. The van der Waals surface area contributed by atoms with E-state index in [4.69, 9.17) is 4.52 Å². The maximum absolute atomic E-state index is 12.7. The number of carbonyl (C=O) groups is 1. The number of halogens is 3. The lowest BCUT2D eigenvalue weighted by Gasteiger charge is -2.17. The van der Waals surface area contributed by atoms with E-state index in [9.17, 15) is 18.0 Å². The molecule has 28 heavy (non-hydrogen) atoms. The number of nitrogens with zero attached hydrogens (tertiary/aromatic N) is 3. The zero-order chi connectivity index (χ0) is 19.9. The zero-order valence-corrected chi connectivity index (χ0v) is 14.9. The molecule has 0 N–H and O–H groups in total. The third-order valence-corrected chi connectivity index (χ3v) is 4.81. The molecule has 0 radical (unpaired) electrons. The first-order valence-electron chi connectivity index (χ1n) is 8.70. The number of aryl methyl sites for hydroxylation is 1. The Morgan fingerprint density at radius 3 is 2.50 bits per heavy atom. The molecular weight excluding hydrogens is 371 g/mol. The Labute approximate surface area is 158 Å². The Bertz CT molecular complexity index is 1010. The second-order valence-electron chi connectivity index (χ2n) is 6.72. The summed E-state index contributed by atoms with van der Waals surface area (Å²) in [4.78, 5) is 18.3. The van der Waals surface area contributed by atoms with Gasteiger partial charge in [-0.1, -0.05) is 29.4 Å². The summed E-state index contributed by atoms with van der Waals surface area (Å²) in [5.41, 5.74) is 1.52. The van der Waals surface area contributed by atoms with Crippen molar-refractivity contribution in [3.8, 4) is 11.4 Å². The van der Waals surface area contributed by atoms with E-state index in [-0.39, 0.29) is 24.8 Å². The van der Waals surface area contributed by atoms with Gasteiger partial charge in [-0.3, -0.25) is 4.79 Å². The highest BCUT2D eigenvalue weighted by atomic mass is 19.4. The first-order chi connectivity index (χ1) is 13.3. The number of alkyl halides is 3. The second kappa shape index (κ2) is 6.78. The molecule has 2 aromatic carbocycles.